The number of rotatable bonds is 2. The van der Waals surface area contributed by atoms with Gasteiger partial charge in [-0.3, -0.25) is 4.79 Å². The molecule has 0 aromatic heterocycles. The highest BCUT2D eigenvalue weighted by Crippen LogP contribution is 2.49. The van der Waals surface area contributed by atoms with E-state index in [9.17, 15) is 4.79 Å². The lowest BCUT2D eigenvalue weighted by molar-refractivity contribution is -0.138. The number of hydrogen-bond donors (Lipinski definition) is 1. The van der Waals surface area contributed by atoms with Gasteiger partial charge >= 0.3 is 5.97 Å². The van der Waals surface area contributed by atoms with Crippen LogP contribution in [0.3, 0.4) is 0 Å². The molecule has 2 nitrogen and oxygen atoms in total. The fourth-order valence-electron chi connectivity index (χ4n) is 1.98. The predicted octanol–water partition coefficient (Wildman–Crippen LogP) is 5.14. The van der Waals surface area contributed by atoms with Crippen LogP contribution in [0.25, 0.3) is 0 Å². The average molecular weight is 323 g/mol. The maximum Gasteiger partial charge on any atom is 0.310 e. The van der Waals surface area contributed by atoms with Crippen LogP contribution in [0.1, 0.15) is 18.4 Å². The molecule has 2 aromatic carbocycles. The van der Waals surface area contributed by atoms with Crippen molar-refractivity contribution in [2.45, 2.75) is 32.4 Å². The van der Waals surface area contributed by atoms with E-state index in [2.05, 4.69) is 0 Å². The summed E-state index contributed by atoms with van der Waals surface area (Å²) in [6.45, 7) is 1.70. The average Bonchev–Trinajstić information content (AvgIpc) is 2.43. The number of carboxylic acid groups (broad SMARTS) is 1. The van der Waals surface area contributed by atoms with E-state index in [1.807, 2.05) is 36.4 Å². The van der Waals surface area contributed by atoms with Crippen LogP contribution in [0.2, 0.25) is 5.02 Å². The largest absolute Gasteiger partial charge is 0.481 e. The molecule has 0 saturated carbocycles. The molecule has 1 atom stereocenters. The number of carbonyl (C=O) groups is 1. The Hall–Kier alpha value is -1.10. The van der Waals surface area contributed by atoms with E-state index in [0.717, 1.165) is 25.3 Å². The van der Waals surface area contributed by atoms with E-state index in [1.165, 1.54) is 4.90 Å². The molecule has 0 amide bonds. The van der Waals surface area contributed by atoms with Gasteiger partial charge in [0.1, 0.15) is 0 Å². The van der Waals surface area contributed by atoms with E-state index in [0.29, 0.717) is 0 Å². The van der Waals surface area contributed by atoms with E-state index in [1.54, 1.807) is 30.4 Å². The lowest BCUT2D eigenvalue weighted by Gasteiger charge is -2.19. The summed E-state index contributed by atoms with van der Waals surface area (Å²) < 4.78 is 0. The highest BCUT2D eigenvalue weighted by molar-refractivity contribution is 8.05. The zero-order valence-electron chi connectivity index (χ0n) is 10.6. The molecule has 0 saturated heterocycles. The third-order valence-corrected chi connectivity index (χ3v) is 5.94. The fourth-order valence-corrected chi connectivity index (χ4v) is 4.50. The highest BCUT2D eigenvalue weighted by atomic mass is 35.5. The first-order valence-electron chi connectivity index (χ1n) is 6.06. The second-order valence-electron chi connectivity index (χ2n) is 4.56. The van der Waals surface area contributed by atoms with Crippen LogP contribution in [0.15, 0.2) is 56.0 Å². The Kier molecular flexibility index (Phi) is 3.71. The molecule has 3 rings (SSSR count). The third kappa shape index (κ3) is 2.55. The highest BCUT2D eigenvalue weighted by Gasteiger charge is 2.20. The van der Waals surface area contributed by atoms with Gasteiger partial charge in [-0.1, -0.05) is 41.2 Å². The summed E-state index contributed by atoms with van der Waals surface area (Å²) in [5.41, 5.74) is 0.829. The summed E-state index contributed by atoms with van der Waals surface area (Å²) >= 11 is 9.36. The van der Waals surface area contributed by atoms with Gasteiger partial charge in [0, 0.05) is 24.6 Å². The number of benzene rings is 2. The summed E-state index contributed by atoms with van der Waals surface area (Å²) in [5, 5.41) is 9.82. The molecule has 0 aliphatic carbocycles. The van der Waals surface area contributed by atoms with Crippen LogP contribution in [-0.2, 0) is 4.79 Å². The minimum atomic E-state index is -0.804. The Bertz CT molecular complexity index is 700. The summed E-state index contributed by atoms with van der Waals surface area (Å²) in [4.78, 5) is 15.6. The Morgan fingerprint density at radius 3 is 2.35 bits per heavy atom. The first kappa shape index (κ1) is 13.9. The van der Waals surface area contributed by atoms with Crippen molar-refractivity contribution in [3.05, 3.63) is 47.0 Å². The lowest BCUT2D eigenvalue weighted by atomic mass is 10.0. The molecule has 0 radical (unpaired) electrons. The molecule has 1 heterocycles. The van der Waals surface area contributed by atoms with Crippen molar-refractivity contribution in [2.75, 3.05) is 0 Å². The number of aliphatic carboxylic acids is 1. The van der Waals surface area contributed by atoms with Crippen molar-refractivity contribution in [1.29, 1.82) is 0 Å². The predicted molar refractivity (Wildman–Crippen MR) is 82.2 cm³/mol. The first-order chi connectivity index (χ1) is 9.54. The molecule has 2 aromatic rings. The second-order valence-corrected chi connectivity index (χ2v) is 7.17. The van der Waals surface area contributed by atoms with Crippen molar-refractivity contribution < 1.29 is 9.90 Å². The van der Waals surface area contributed by atoms with E-state index in [-0.39, 0.29) is 0 Å². The van der Waals surface area contributed by atoms with Crippen LogP contribution >= 0.6 is 35.1 Å². The van der Waals surface area contributed by atoms with Crippen molar-refractivity contribution in [3.8, 4) is 0 Å². The molecule has 1 unspecified atom stereocenters. The van der Waals surface area contributed by atoms with Crippen LogP contribution in [0.5, 0.6) is 0 Å². The number of carboxylic acids is 1. The van der Waals surface area contributed by atoms with Crippen LogP contribution in [0, 0.1) is 0 Å². The SMILES string of the molecule is CC(C(=O)O)c1ccc2c(c1)Sc1cc(Cl)ccc1S2. The van der Waals surface area contributed by atoms with Crippen LogP contribution in [0.4, 0.5) is 0 Å². The summed E-state index contributed by atoms with van der Waals surface area (Å²) in [6.07, 6.45) is 0. The van der Waals surface area contributed by atoms with E-state index >= 15 is 0 Å². The standard InChI is InChI=1S/C15H11ClO2S2/c1-8(15(17)18)9-2-4-11-13(6-9)20-14-7-10(16)3-5-12(14)19-11/h2-8H,1H3,(H,17,18). The summed E-state index contributed by atoms with van der Waals surface area (Å²) in [7, 11) is 0. The van der Waals surface area contributed by atoms with Gasteiger partial charge in [-0.05, 0) is 42.8 Å². The Morgan fingerprint density at radius 2 is 1.65 bits per heavy atom. The number of halogens is 1. The number of hydrogen-bond acceptors (Lipinski definition) is 3. The number of fused-ring (bicyclic) bond motifs is 2. The lowest BCUT2D eigenvalue weighted by Crippen LogP contribution is -2.07. The van der Waals surface area contributed by atoms with E-state index < -0.39 is 11.9 Å². The minimum Gasteiger partial charge on any atom is -0.481 e. The first-order valence-corrected chi connectivity index (χ1v) is 8.07. The van der Waals surface area contributed by atoms with Gasteiger partial charge in [-0.15, -0.1) is 0 Å². The van der Waals surface area contributed by atoms with Crippen molar-refractivity contribution in [3.63, 3.8) is 0 Å². The van der Waals surface area contributed by atoms with Crippen LogP contribution < -0.4 is 0 Å². The molecular weight excluding hydrogens is 312 g/mol. The van der Waals surface area contributed by atoms with Crippen LogP contribution in [-0.4, -0.2) is 11.1 Å². The second kappa shape index (κ2) is 5.35. The van der Waals surface area contributed by atoms with Crippen molar-refractivity contribution in [2.24, 2.45) is 0 Å². The van der Waals surface area contributed by atoms with Gasteiger partial charge in [0.15, 0.2) is 0 Å². The zero-order valence-corrected chi connectivity index (χ0v) is 13.0. The molecule has 102 valence electrons. The van der Waals surface area contributed by atoms with Gasteiger partial charge in [0.25, 0.3) is 0 Å². The third-order valence-electron chi connectivity index (χ3n) is 3.18. The molecule has 1 aliphatic heterocycles. The van der Waals surface area contributed by atoms with Gasteiger partial charge in [0.2, 0.25) is 0 Å². The fraction of sp³-hybridized carbons (Fsp3) is 0.133. The van der Waals surface area contributed by atoms with Gasteiger partial charge in [-0.2, -0.15) is 0 Å². The molecule has 0 spiro atoms. The monoisotopic (exact) mass is 322 g/mol. The molecular formula is C15H11ClO2S2. The normalized spacial score (nSPS) is 14.3. The zero-order chi connectivity index (χ0) is 14.3. The van der Waals surface area contributed by atoms with Gasteiger partial charge < -0.3 is 5.11 Å². The quantitative estimate of drug-likeness (QED) is 0.708. The molecule has 5 heteroatoms. The summed E-state index contributed by atoms with van der Waals surface area (Å²) in [6, 6.07) is 11.7. The molecule has 20 heavy (non-hydrogen) atoms. The smallest absolute Gasteiger partial charge is 0.310 e. The van der Waals surface area contributed by atoms with Crippen molar-refractivity contribution >= 4 is 41.1 Å². The van der Waals surface area contributed by atoms with Gasteiger partial charge in [0.05, 0.1) is 5.92 Å². The molecule has 1 N–H and O–H groups in total. The molecule has 1 aliphatic rings. The summed E-state index contributed by atoms with van der Waals surface area (Å²) in [5.74, 6) is -1.30. The minimum absolute atomic E-state index is 0.494. The maximum atomic E-state index is 11.1. The van der Waals surface area contributed by atoms with E-state index in [4.69, 9.17) is 16.7 Å². The molecule has 0 bridgehead atoms. The van der Waals surface area contributed by atoms with Crippen molar-refractivity contribution in [1.82, 2.24) is 0 Å². The Morgan fingerprint density at radius 1 is 1.05 bits per heavy atom. The Balaban J connectivity index is 1.99. The Labute approximate surface area is 130 Å². The van der Waals surface area contributed by atoms with Gasteiger partial charge in [-0.25, -0.2) is 0 Å². The topological polar surface area (TPSA) is 37.3 Å². The maximum absolute atomic E-state index is 11.1. The molecule has 0 fully saturated rings.